The Labute approximate surface area is 92.6 Å². The fourth-order valence-electron chi connectivity index (χ4n) is 2.23. The van der Waals surface area contributed by atoms with Gasteiger partial charge in [-0.1, -0.05) is 34.1 Å². The molecular formula is C12H13BrO. The number of rotatable bonds is 2. The van der Waals surface area contributed by atoms with Crippen LogP contribution in [0.25, 0.3) is 0 Å². The molecule has 0 heterocycles. The van der Waals surface area contributed by atoms with Crippen molar-refractivity contribution in [1.29, 1.82) is 0 Å². The smallest absolute Gasteiger partial charge is 0.123 e. The van der Waals surface area contributed by atoms with Crippen LogP contribution >= 0.6 is 15.9 Å². The molecule has 1 aliphatic rings. The first-order valence-electron chi connectivity index (χ1n) is 5.01. The molecule has 0 spiro atoms. The van der Waals surface area contributed by atoms with Crippen molar-refractivity contribution < 1.29 is 4.79 Å². The number of hydrogen-bond donors (Lipinski definition) is 0. The van der Waals surface area contributed by atoms with Gasteiger partial charge in [-0.05, 0) is 36.8 Å². The molecule has 0 N–H and O–H groups in total. The molecule has 0 aliphatic heterocycles. The van der Waals surface area contributed by atoms with Gasteiger partial charge in [0.2, 0.25) is 0 Å². The summed E-state index contributed by atoms with van der Waals surface area (Å²) in [6.07, 6.45) is 4.32. The summed E-state index contributed by atoms with van der Waals surface area (Å²) in [4.78, 5) is 10.7. The summed E-state index contributed by atoms with van der Waals surface area (Å²) >= 11 is 3.56. The first-order chi connectivity index (χ1) is 6.81. The van der Waals surface area contributed by atoms with Crippen molar-refractivity contribution in [3.05, 3.63) is 34.3 Å². The normalized spacial score (nSPS) is 26.4. The Morgan fingerprint density at radius 3 is 2.71 bits per heavy atom. The summed E-state index contributed by atoms with van der Waals surface area (Å²) in [6.45, 7) is 0. The minimum absolute atomic E-state index is 0.284. The highest BCUT2D eigenvalue weighted by Gasteiger charge is 2.26. The Morgan fingerprint density at radius 1 is 1.29 bits per heavy atom. The third kappa shape index (κ3) is 1.90. The van der Waals surface area contributed by atoms with E-state index in [0.29, 0.717) is 5.92 Å². The predicted molar refractivity (Wildman–Crippen MR) is 60.3 cm³/mol. The highest BCUT2D eigenvalue weighted by Crippen LogP contribution is 2.39. The van der Waals surface area contributed by atoms with Gasteiger partial charge in [0.15, 0.2) is 0 Å². The van der Waals surface area contributed by atoms with Crippen molar-refractivity contribution in [1.82, 2.24) is 0 Å². The average Bonchev–Trinajstić information content (AvgIpc) is 2.67. The Bertz CT molecular complexity index is 335. The zero-order chi connectivity index (χ0) is 9.97. The summed E-state index contributed by atoms with van der Waals surface area (Å²) in [6, 6.07) is 8.32. The lowest BCUT2D eigenvalue weighted by Crippen LogP contribution is -1.97. The zero-order valence-electron chi connectivity index (χ0n) is 7.95. The summed E-state index contributed by atoms with van der Waals surface area (Å²) in [5, 5.41) is 0. The van der Waals surface area contributed by atoms with Gasteiger partial charge in [0, 0.05) is 10.4 Å². The lowest BCUT2D eigenvalue weighted by Gasteiger charge is -2.11. The number of carbonyl (C=O) groups is 1. The summed E-state index contributed by atoms with van der Waals surface area (Å²) in [7, 11) is 0. The molecule has 2 unspecified atom stereocenters. The van der Waals surface area contributed by atoms with E-state index < -0.39 is 0 Å². The van der Waals surface area contributed by atoms with Gasteiger partial charge in [0.1, 0.15) is 6.29 Å². The highest BCUT2D eigenvalue weighted by atomic mass is 79.9. The molecule has 2 rings (SSSR count). The van der Waals surface area contributed by atoms with Crippen LogP contribution in [0.4, 0.5) is 0 Å². The van der Waals surface area contributed by atoms with E-state index in [0.717, 1.165) is 25.5 Å². The molecule has 1 aromatic rings. The molecule has 0 aromatic heterocycles. The van der Waals surface area contributed by atoms with Gasteiger partial charge in [-0.2, -0.15) is 0 Å². The molecular weight excluding hydrogens is 240 g/mol. The fraction of sp³-hybridized carbons (Fsp3) is 0.417. The SMILES string of the molecule is O=CC1CCC(c2ccccc2Br)C1. The van der Waals surface area contributed by atoms with E-state index in [2.05, 4.69) is 34.1 Å². The first-order valence-corrected chi connectivity index (χ1v) is 5.80. The Kier molecular flexibility index (Phi) is 3.02. The van der Waals surface area contributed by atoms with E-state index in [1.165, 1.54) is 10.0 Å². The fourth-order valence-corrected chi connectivity index (χ4v) is 2.84. The van der Waals surface area contributed by atoms with Crippen LogP contribution in [0, 0.1) is 5.92 Å². The molecule has 1 fully saturated rings. The molecule has 1 saturated carbocycles. The van der Waals surface area contributed by atoms with Gasteiger partial charge in [0.25, 0.3) is 0 Å². The van der Waals surface area contributed by atoms with Crippen molar-refractivity contribution >= 4 is 22.2 Å². The molecule has 74 valence electrons. The van der Waals surface area contributed by atoms with E-state index in [-0.39, 0.29) is 5.92 Å². The van der Waals surface area contributed by atoms with Gasteiger partial charge >= 0.3 is 0 Å². The topological polar surface area (TPSA) is 17.1 Å². The van der Waals surface area contributed by atoms with Crippen LogP contribution in [0.5, 0.6) is 0 Å². The van der Waals surface area contributed by atoms with Gasteiger partial charge in [-0.15, -0.1) is 0 Å². The van der Waals surface area contributed by atoms with Gasteiger partial charge in [0.05, 0.1) is 0 Å². The van der Waals surface area contributed by atoms with Crippen LogP contribution in [0.2, 0.25) is 0 Å². The van der Waals surface area contributed by atoms with E-state index in [9.17, 15) is 4.79 Å². The zero-order valence-corrected chi connectivity index (χ0v) is 9.53. The molecule has 2 heteroatoms. The molecule has 1 aromatic carbocycles. The molecule has 2 atom stereocenters. The van der Waals surface area contributed by atoms with Gasteiger partial charge < -0.3 is 4.79 Å². The van der Waals surface area contributed by atoms with Gasteiger partial charge in [-0.3, -0.25) is 0 Å². The Hall–Kier alpha value is -0.630. The minimum atomic E-state index is 0.284. The molecule has 1 aliphatic carbocycles. The second-order valence-corrected chi connectivity index (χ2v) is 4.78. The standard InChI is InChI=1S/C12H13BrO/c13-12-4-2-1-3-11(12)10-6-5-9(7-10)8-14/h1-4,8-10H,5-7H2. The van der Waals surface area contributed by atoms with Crippen LogP contribution < -0.4 is 0 Å². The summed E-state index contributed by atoms with van der Waals surface area (Å²) in [5.74, 6) is 0.855. The molecule has 0 bridgehead atoms. The van der Waals surface area contributed by atoms with Crippen molar-refractivity contribution in [2.75, 3.05) is 0 Å². The first kappa shape index (κ1) is 9.91. The number of halogens is 1. The lowest BCUT2D eigenvalue weighted by atomic mass is 9.97. The van der Waals surface area contributed by atoms with Crippen molar-refractivity contribution in [2.24, 2.45) is 5.92 Å². The van der Waals surface area contributed by atoms with E-state index in [1.54, 1.807) is 0 Å². The minimum Gasteiger partial charge on any atom is -0.303 e. The molecule has 0 radical (unpaired) electrons. The molecule has 0 saturated heterocycles. The molecule has 1 nitrogen and oxygen atoms in total. The summed E-state index contributed by atoms with van der Waals surface area (Å²) in [5.41, 5.74) is 1.36. The number of hydrogen-bond acceptors (Lipinski definition) is 1. The van der Waals surface area contributed by atoms with Crippen molar-refractivity contribution in [3.63, 3.8) is 0 Å². The maximum absolute atomic E-state index is 10.7. The molecule has 14 heavy (non-hydrogen) atoms. The third-order valence-electron chi connectivity index (χ3n) is 3.01. The lowest BCUT2D eigenvalue weighted by molar-refractivity contribution is -0.110. The second-order valence-electron chi connectivity index (χ2n) is 3.93. The summed E-state index contributed by atoms with van der Waals surface area (Å²) < 4.78 is 1.18. The highest BCUT2D eigenvalue weighted by molar-refractivity contribution is 9.10. The number of aldehydes is 1. The van der Waals surface area contributed by atoms with Crippen LogP contribution in [0.15, 0.2) is 28.7 Å². The number of benzene rings is 1. The largest absolute Gasteiger partial charge is 0.303 e. The number of carbonyl (C=O) groups excluding carboxylic acids is 1. The average molecular weight is 253 g/mol. The van der Waals surface area contributed by atoms with Gasteiger partial charge in [-0.25, -0.2) is 0 Å². The van der Waals surface area contributed by atoms with Crippen molar-refractivity contribution in [2.45, 2.75) is 25.2 Å². The van der Waals surface area contributed by atoms with Crippen LogP contribution in [-0.2, 0) is 4.79 Å². The van der Waals surface area contributed by atoms with Crippen LogP contribution in [-0.4, -0.2) is 6.29 Å². The third-order valence-corrected chi connectivity index (χ3v) is 3.73. The quantitative estimate of drug-likeness (QED) is 0.737. The van der Waals surface area contributed by atoms with E-state index in [1.807, 2.05) is 6.07 Å². The Morgan fingerprint density at radius 2 is 2.07 bits per heavy atom. The van der Waals surface area contributed by atoms with Crippen LogP contribution in [0.1, 0.15) is 30.7 Å². The maximum Gasteiger partial charge on any atom is 0.123 e. The van der Waals surface area contributed by atoms with E-state index in [4.69, 9.17) is 0 Å². The maximum atomic E-state index is 10.7. The second kappa shape index (κ2) is 4.26. The predicted octanol–water partition coefficient (Wildman–Crippen LogP) is 3.53. The Balaban J connectivity index is 2.17. The molecule has 0 amide bonds. The monoisotopic (exact) mass is 252 g/mol. The van der Waals surface area contributed by atoms with Crippen LogP contribution in [0.3, 0.4) is 0 Å². The van der Waals surface area contributed by atoms with E-state index >= 15 is 0 Å². The van der Waals surface area contributed by atoms with Crippen molar-refractivity contribution in [3.8, 4) is 0 Å².